The fourth-order valence-electron chi connectivity index (χ4n) is 3.88. The second kappa shape index (κ2) is 11.1. The zero-order valence-electron chi connectivity index (χ0n) is 20.6. The van der Waals surface area contributed by atoms with E-state index in [1.165, 1.54) is 0 Å². The summed E-state index contributed by atoms with van der Waals surface area (Å²) in [5.41, 5.74) is 0.467. The number of amides is 2. The number of ether oxygens (including phenoxy) is 2. The maximum Gasteiger partial charge on any atom is 0.261 e. The molecule has 6 heteroatoms. The molecule has 0 saturated carbocycles. The van der Waals surface area contributed by atoms with Crippen LogP contribution in [0.3, 0.4) is 0 Å². The highest BCUT2D eigenvalue weighted by molar-refractivity contribution is 5.90. The quantitative estimate of drug-likeness (QED) is 0.489. The zero-order valence-corrected chi connectivity index (χ0v) is 20.6. The Morgan fingerprint density at radius 3 is 2.41 bits per heavy atom. The molecule has 0 aliphatic rings. The number of hydrogen-bond acceptors (Lipinski definition) is 4. The minimum absolute atomic E-state index is 0.169. The second-order valence-electron chi connectivity index (χ2n) is 9.30. The van der Waals surface area contributed by atoms with E-state index in [2.05, 4.69) is 5.32 Å². The maximum atomic E-state index is 13.5. The molecule has 6 nitrogen and oxygen atoms in total. The maximum absolute atomic E-state index is 13.5. The number of benzene rings is 3. The number of nitrogens with zero attached hydrogens (tertiary/aromatic N) is 1. The fourth-order valence-corrected chi connectivity index (χ4v) is 3.88. The Balaban J connectivity index is 1.86. The van der Waals surface area contributed by atoms with E-state index in [0.717, 1.165) is 16.3 Å². The Hall–Kier alpha value is -3.54. The first-order valence-corrected chi connectivity index (χ1v) is 11.6. The lowest BCUT2D eigenvalue weighted by Gasteiger charge is -2.33. The van der Waals surface area contributed by atoms with Crippen LogP contribution in [0.1, 0.15) is 39.7 Å². The smallest absolute Gasteiger partial charge is 0.261 e. The van der Waals surface area contributed by atoms with Gasteiger partial charge in [0.2, 0.25) is 5.91 Å². The second-order valence-corrected chi connectivity index (χ2v) is 9.30. The van der Waals surface area contributed by atoms with Crippen LogP contribution in [-0.2, 0) is 16.1 Å². The predicted molar refractivity (Wildman–Crippen MR) is 135 cm³/mol. The van der Waals surface area contributed by atoms with Crippen LogP contribution in [0.15, 0.2) is 66.7 Å². The topological polar surface area (TPSA) is 67.9 Å². The van der Waals surface area contributed by atoms with Crippen molar-refractivity contribution in [2.24, 2.45) is 0 Å². The fraction of sp³-hybridized carbons (Fsp3) is 0.357. The van der Waals surface area contributed by atoms with Gasteiger partial charge in [-0.3, -0.25) is 9.59 Å². The molecule has 0 spiro atoms. The van der Waals surface area contributed by atoms with Gasteiger partial charge in [0.05, 0.1) is 7.11 Å². The average Bonchev–Trinajstić information content (AvgIpc) is 2.81. The molecule has 3 aromatic carbocycles. The summed E-state index contributed by atoms with van der Waals surface area (Å²) in [7, 11) is 1.60. The van der Waals surface area contributed by atoms with Gasteiger partial charge in [-0.15, -0.1) is 0 Å². The Morgan fingerprint density at radius 1 is 1.00 bits per heavy atom. The molecule has 2 amide bonds. The highest BCUT2D eigenvalue weighted by Crippen LogP contribution is 2.25. The lowest BCUT2D eigenvalue weighted by Crippen LogP contribution is -2.54. The molecule has 3 aromatic rings. The van der Waals surface area contributed by atoms with E-state index in [4.69, 9.17) is 9.47 Å². The lowest BCUT2D eigenvalue weighted by molar-refractivity contribution is -0.143. The van der Waals surface area contributed by atoms with E-state index < -0.39 is 11.6 Å². The average molecular weight is 463 g/mol. The summed E-state index contributed by atoms with van der Waals surface area (Å²) in [6, 6.07) is 20.5. The van der Waals surface area contributed by atoms with Gasteiger partial charge in [-0.1, -0.05) is 55.5 Å². The molecular weight excluding hydrogens is 428 g/mol. The van der Waals surface area contributed by atoms with E-state index in [1.54, 1.807) is 12.0 Å². The van der Waals surface area contributed by atoms with Gasteiger partial charge in [0.1, 0.15) is 17.5 Å². The molecule has 0 bridgehead atoms. The molecule has 3 rings (SSSR count). The van der Waals surface area contributed by atoms with Crippen LogP contribution in [0, 0.1) is 0 Å². The van der Waals surface area contributed by atoms with Gasteiger partial charge in [0.15, 0.2) is 6.61 Å². The molecule has 0 heterocycles. The monoisotopic (exact) mass is 462 g/mol. The van der Waals surface area contributed by atoms with E-state index in [0.29, 0.717) is 17.9 Å². The Bertz CT molecular complexity index is 1130. The van der Waals surface area contributed by atoms with E-state index in [-0.39, 0.29) is 25.0 Å². The van der Waals surface area contributed by atoms with Crippen molar-refractivity contribution < 1.29 is 19.1 Å². The summed E-state index contributed by atoms with van der Waals surface area (Å²) >= 11 is 0. The van der Waals surface area contributed by atoms with Crippen LogP contribution < -0.4 is 14.8 Å². The Kier molecular flexibility index (Phi) is 8.16. The van der Waals surface area contributed by atoms with Crippen molar-refractivity contribution in [3.8, 4) is 11.5 Å². The molecule has 0 saturated heterocycles. The van der Waals surface area contributed by atoms with Gasteiger partial charge in [0, 0.05) is 17.5 Å². The minimum atomic E-state index is -0.631. The summed E-state index contributed by atoms with van der Waals surface area (Å²) in [6.45, 7) is 7.78. The summed E-state index contributed by atoms with van der Waals surface area (Å²) in [5.74, 6) is 0.895. The summed E-state index contributed by atoms with van der Waals surface area (Å²) in [6.07, 6.45) is 0.478. The third-order valence-corrected chi connectivity index (χ3v) is 5.47. The molecule has 0 radical (unpaired) electrons. The zero-order chi connectivity index (χ0) is 24.7. The van der Waals surface area contributed by atoms with Crippen molar-refractivity contribution in [3.63, 3.8) is 0 Å². The number of hydrogen-bond donors (Lipinski definition) is 1. The van der Waals surface area contributed by atoms with Crippen molar-refractivity contribution in [3.05, 3.63) is 72.3 Å². The van der Waals surface area contributed by atoms with Crippen LogP contribution >= 0.6 is 0 Å². The summed E-state index contributed by atoms with van der Waals surface area (Å²) in [4.78, 5) is 28.2. The Morgan fingerprint density at radius 2 is 1.71 bits per heavy atom. The van der Waals surface area contributed by atoms with Gasteiger partial charge in [-0.25, -0.2) is 0 Å². The molecule has 180 valence electrons. The predicted octanol–water partition coefficient (Wildman–Crippen LogP) is 4.95. The molecule has 1 N–H and O–H groups in total. The lowest BCUT2D eigenvalue weighted by atomic mass is 10.1. The number of fused-ring (bicyclic) bond motifs is 1. The van der Waals surface area contributed by atoms with Crippen molar-refractivity contribution >= 4 is 22.6 Å². The van der Waals surface area contributed by atoms with Gasteiger partial charge in [-0.2, -0.15) is 0 Å². The largest absolute Gasteiger partial charge is 0.497 e. The number of rotatable bonds is 9. The first-order chi connectivity index (χ1) is 16.2. The Labute approximate surface area is 201 Å². The normalized spacial score (nSPS) is 12.1. The third kappa shape index (κ3) is 6.50. The van der Waals surface area contributed by atoms with E-state index >= 15 is 0 Å². The highest BCUT2D eigenvalue weighted by Gasteiger charge is 2.31. The van der Waals surface area contributed by atoms with Gasteiger partial charge >= 0.3 is 0 Å². The van der Waals surface area contributed by atoms with Crippen LogP contribution in [0.4, 0.5) is 0 Å². The molecule has 0 fully saturated rings. The summed E-state index contributed by atoms with van der Waals surface area (Å²) in [5, 5.41) is 4.99. The molecule has 0 unspecified atom stereocenters. The van der Waals surface area contributed by atoms with Crippen LogP contribution in [-0.4, -0.2) is 42.0 Å². The summed E-state index contributed by atoms with van der Waals surface area (Å²) < 4.78 is 11.3. The van der Waals surface area contributed by atoms with Crippen molar-refractivity contribution in [2.45, 2.75) is 52.2 Å². The first-order valence-electron chi connectivity index (χ1n) is 11.6. The van der Waals surface area contributed by atoms with Crippen molar-refractivity contribution in [1.82, 2.24) is 10.2 Å². The molecule has 0 aliphatic carbocycles. The van der Waals surface area contributed by atoms with Gasteiger partial charge < -0.3 is 19.7 Å². The van der Waals surface area contributed by atoms with Crippen molar-refractivity contribution in [1.29, 1.82) is 0 Å². The molecule has 1 atom stereocenters. The molecule has 0 aromatic heterocycles. The highest BCUT2D eigenvalue weighted by atomic mass is 16.5. The van der Waals surface area contributed by atoms with E-state index in [9.17, 15) is 9.59 Å². The number of carbonyl (C=O) groups is 2. The number of methoxy groups -OCH3 is 1. The minimum Gasteiger partial charge on any atom is -0.497 e. The van der Waals surface area contributed by atoms with Crippen LogP contribution in [0.5, 0.6) is 11.5 Å². The van der Waals surface area contributed by atoms with Gasteiger partial charge in [-0.05, 0) is 56.3 Å². The van der Waals surface area contributed by atoms with E-state index in [1.807, 2.05) is 94.4 Å². The van der Waals surface area contributed by atoms with Crippen molar-refractivity contribution in [2.75, 3.05) is 13.7 Å². The van der Waals surface area contributed by atoms with Gasteiger partial charge in [0.25, 0.3) is 5.91 Å². The number of carbonyl (C=O) groups excluding carboxylic acids is 2. The standard InChI is InChI=1S/C28H34N2O4/c1-6-24(27(32)29-28(2,3)4)30(18-20-11-9-14-22(17-20)33-5)26(31)19-34-25-16-10-13-21-12-7-8-15-23(21)25/h7-17,24H,6,18-19H2,1-5H3,(H,29,32)/t24-/m1/s1. The molecule has 0 aliphatic heterocycles. The molecular formula is C28H34N2O4. The first kappa shape index (κ1) is 25.1. The number of nitrogens with one attached hydrogen (secondary N) is 1. The van der Waals surface area contributed by atoms with Crippen LogP contribution in [0.2, 0.25) is 0 Å². The van der Waals surface area contributed by atoms with Crippen LogP contribution in [0.25, 0.3) is 10.8 Å². The third-order valence-electron chi connectivity index (χ3n) is 5.47. The molecule has 34 heavy (non-hydrogen) atoms. The SMILES string of the molecule is CC[C@H](C(=O)NC(C)(C)C)N(Cc1cccc(OC)c1)C(=O)COc1cccc2ccccc12.